The summed E-state index contributed by atoms with van der Waals surface area (Å²) in [6.07, 6.45) is 0. The molecule has 132 valence electrons. The van der Waals surface area contributed by atoms with Crippen molar-refractivity contribution in [3.05, 3.63) is 120 Å². The van der Waals surface area contributed by atoms with Crippen LogP contribution in [0.25, 0.3) is 11.1 Å². The van der Waals surface area contributed by atoms with E-state index in [0.717, 1.165) is 33.9 Å². The maximum atomic E-state index is 5.02. The average Bonchev–Trinajstić information content (AvgIpc) is 2.77. The highest BCUT2D eigenvalue weighted by Crippen LogP contribution is 2.35. The number of aliphatic imine (C=N–C) groups is 2. The fourth-order valence-electron chi connectivity index (χ4n) is 3.59. The Morgan fingerprint density at radius 3 is 1.04 bits per heavy atom. The van der Waals surface area contributed by atoms with Crippen molar-refractivity contribution in [2.75, 3.05) is 0 Å². The van der Waals surface area contributed by atoms with Gasteiger partial charge in [-0.1, -0.05) is 84.9 Å². The molecule has 1 aliphatic rings. The van der Waals surface area contributed by atoms with Crippen molar-refractivity contribution >= 4 is 22.8 Å². The number of nitrogens with zero attached hydrogens (tertiary/aromatic N) is 2. The largest absolute Gasteiger partial charge is 0.246 e. The van der Waals surface area contributed by atoms with Gasteiger partial charge in [-0.15, -0.1) is 0 Å². The molecule has 0 saturated heterocycles. The van der Waals surface area contributed by atoms with E-state index in [1.165, 1.54) is 11.1 Å². The van der Waals surface area contributed by atoms with E-state index in [-0.39, 0.29) is 0 Å². The second-order valence-corrected chi connectivity index (χ2v) is 6.68. The molecule has 0 aliphatic heterocycles. The van der Waals surface area contributed by atoms with E-state index in [2.05, 4.69) is 48.5 Å². The number of hydrogen-bond acceptors (Lipinski definition) is 2. The van der Waals surface area contributed by atoms with Crippen molar-refractivity contribution in [2.24, 2.45) is 9.98 Å². The smallest absolute Gasteiger partial charge is 0.0978 e. The van der Waals surface area contributed by atoms with Crippen molar-refractivity contribution in [2.45, 2.75) is 0 Å². The molecule has 0 unspecified atom stereocenters. The van der Waals surface area contributed by atoms with E-state index in [0.29, 0.717) is 0 Å². The lowest BCUT2D eigenvalue weighted by Crippen LogP contribution is -2.23. The van der Waals surface area contributed by atoms with Crippen LogP contribution in [0.15, 0.2) is 119 Å². The summed E-state index contributed by atoms with van der Waals surface area (Å²) in [4.78, 5) is 10.0. The van der Waals surface area contributed by atoms with E-state index < -0.39 is 0 Å². The lowest BCUT2D eigenvalue weighted by Gasteiger charge is -2.23. The van der Waals surface area contributed by atoms with Crippen LogP contribution in [0.1, 0.15) is 11.1 Å². The van der Waals surface area contributed by atoms with Crippen molar-refractivity contribution in [1.82, 2.24) is 0 Å². The molecular weight excluding hydrogens is 340 g/mol. The molecule has 0 saturated carbocycles. The Morgan fingerprint density at radius 2 is 0.643 bits per heavy atom. The third-order valence-electron chi connectivity index (χ3n) is 4.87. The molecule has 1 aliphatic carbocycles. The van der Waals surface area contributed by atoms with Crippen LogP contribution >= 0.6 is 0 Å². The SMILES string of the molecule is c1ccc(N=C2C(=Nc3ccccc3)c3ccccc3-c3ccccc32)cc1. The molecular formula is C26H18N2. The van der Waals surface area contributed by atoms with Crippen LogP contribution in [0.3, 0.4) is 0 Å². The Kier molecular flexibility index (Phi) is 4.15. The van der Waals surface area contributed by atoms with Gasteiger partial charge in [0.05, 0.1) is 22.8 Å². The van der Waals surface area contributed by atoms with Crippen LogP contribution in [0.4, 0.5) is 11.4 Å². The predicted molar refractivity (Wildman–Crippen MR) is 117 cm³/mol. The molecule has 0 atom stereocenters. The van der Waals surface area contributed by atoms with E-state index in [1.54, 1.807) is 0 Å². The molecule has 0 fully saturated rings. The predicted octanol–water partition coefficient (Wildman–Crippen LogP) is 6.61. The molecule has 5 rings (SSSR count). The summed E-state index contributed by atoms with van der Waals surface area (Å²) in [6.45, 7) is 0. The van der Waals surface area contributed by atoms with Crippen LogP contribution in [-0.4, -0.2) is 11.4 Å². The maximum Gasteiger partial charge on any atom is 0.0978 e. The van der Waals surface area contributed by atoms with Crippen LogP contribution in [0, 0.1) is 0 Å². The second kappa shape index (κ2) is 7.09. The number of hydrogen-bond donors (Lipinski definition) is 0. The molecule has 0 spiro atoms. The first-order valence-corrected chi connectivity index (χ1v) is 9.37. The zero-order valence-corrected chi connectivity index (χ0v) is 15.3. The van der Waals surface area contributed by atoms with E-state index in [4.69, 9.17) is 9.98 Å². The molecule has 0 heterocycles. The van der Waals surface area contributed by atoms with E-state index in [9.17, 15) is 0 Å². The monoisotopic (exact) mass is 358 g/mol. The Labute approximate surface area is 164 Å². The molecule has 0 amide bonds. The lowest BCUT2D eigenvalue weighted by molar-refractivity contribution is 1.45. The van der Waals surface area contributed by atoms with Crippen molar-refractivity contribution in [3.63, 3.8) is 0 Å². The van der Waals surface area contributed by atoms with Gasteiger partial charge in [-0.25, -0.2) is 9.98 Å². The molecule has 0 N–H and O–H groups in total. The third-order valence-corrected chi connectivity index (χ3v) is 4.87. The van der Waals surface area contributed by atoms with Gasteiger partial charge in [0.15, 0.2) is 0 Å². The van der Waals surface area contributed by atoms with Gasteiger partial charge >= 0.3 is 0 Å². The minimum Gasteiger partial charge on any atom is -0.246 e. The molecule has 2 heteroatoms. The normalized spacial score (nSPS) is 15.3. The molecule has 0 radical (unpaired) electrons. The topological polar surface area (TPSA) is 24.7 Å². The Bertz CT molecular complexity index is 1090. The molecule has 4 aromatic carbocycles. The summed E-state index contributed by atoms with van der Waals surface area (Å²) in [7, 11) is 0. The summed E-state index contributed by atoms with van der Waals surface area (Å²) in [5, 5.41) is 0. The van der Waals surface area contributed by atoms with Crippen LogP contribution < -0.4 is 0 Å². The molecule has 4 aromatic rings. The first-order chi connectivity index (χ1) is 13.9. The maximum absolute atomic E-state index is 5.02. The van der Waals surface area contributed by atoms with Gasteiger partial charge in [0.2, 0.25) is 0 Å². The summed E-state index contributed by atoms with van der Waals surface area (Å²) in [5.41, 5.74) is 8.27. The summed E-state index contributed by atoms with van der Waals surface area (Å²) in [6, 6.07) is 37.0. The molecule has 2 nitrogen and oxygen atoms in total. The molecule has 0 aromatic heterocycles. The average molecular weight is 358 g/mol. The Hall–Kier alpha value is -3.78. The number of benzene rings is 4. The van der Waals surface area contributed by atoms with Gasteiger partial charge in [-0.05, 0) is 35.4 Å². The van der Waals surface area contributed by atoms with Gasteiger partial charge in [-0.3, -0.25) is 0 Å². The van der Waals surface area contributed by atoms with Crippen molar-refractivity contribution in [3.8, 4) is 11.1 Å². The third kappa shape index (κ3) is 2.95. The van der Waals surface area contributed by atoms with Crippen LogP contribution in [-0.2, 0) is 0 Å². The Morgan fingerprint density at radius 1 is 0.321 bits per heavy atom. The first-order valence-electron chi connectivity index (χ1n) is 9.37. The highest BCUT2D eigenvalue weighted by Gasteiger charge is 2.26. The van der Waals surface area contributed by atoms with Crippen LogP contribution in [0.5, 0.6) is 0 Å². The second-order valence-electron chi connectivity index (χ2n) is 6.68. The van der Waals surface area contributed by atoms with E-state index >= 15 is 0 Å². The first kappa shape index (κ1) is 16.4. The zero-order chi connectivity index (χ0) is 18.8. The van der Waals surface area contributed by atoms with Crippen molar-refractivity contribution < 1.29 is 0 Å². The van der Waals surface area contributed by atoms with Gasteiger partial charge in [-0.2, -0.15) is 0 Å². The summed E-state index contributed by atoms with van der Waals surface area (Å²) >= 11 is 0. The number of para-hydroxylation sites is 2. The van der Waals surface area contributed by atoms with Crippen LogP contribution in [0.2, 0.25) is 0 Å². The minimum absolute atomic E-state index is 0.907. The summed E-state index contributed by atoms with van der Waals surface area (Å²) in [5.74, 6) is 0. The minimum atomic E-state index is 0.907. The summed E-state index contributed by atoms with van der Waals surface area (Å²) < 4.78 is 0. The highest BCUT2D eigenvalue weighted by atomic mass is 14.8. The molecule has 28 heavy (non-hydrogen) atoms. The Balaban J connectivity index is 1.82. The standard InChI is InChI=1S/C26H18N2/c1-3-11-19(12-4-1)27-25-23-17-9-7-15-21(23)22-16-8-10-18-24(22)26(25)28-20-13-5-2-6-14-20/h1-18H. The lowest BCUT2D eigenvalue weighted by atomic mass is 9.82. The molecule has 0 bridgehead atoms. The van der Waals surface area contributed by atoms with Gasteiger partial charge in [0.25, 0.3) is 0 Å². The van der Waals surface area contributed by atoms with Gasteiger partial charge in [0.1, 0.15) is 0 Å². The van der Waals surface area contributed by atoms with Crippen molar-refractivity contribution in [1.29, 1.82) is 0 Å². The quantitative estimate of drug-likeness (QED) is 0.385. The highest BCUT2D eigenvalue weighted by molar-refractivity contribution is 6.57. The van der Waals surface area contributed by atoms with E-state index in [1.807, 2.05) is 60.7 Å². The number of rotatable bonds is 2. The zero-order valence-electron chi connectivity index (χ0n) is 15.3. The fraction of sp³-hybridized carbons (Fsp3) is 0. The van der Waals surface area contributed by atoms with Gasteiger partial charge in [0, 0.05) is 11.1 Å². The van der Waals surface area contributed by atoms with Gasteiger partial charge < -0.3 is 0 Å². The number of fused-ring (bicyclic) bond motifs is 3. The fourth-order valence-corrected chi connectivity index (χ4v) is 3.59.